The molecule has 0 fully saturated rings. The van der Waals surface area contributed by atoms with Crippen molar-refractivity contribution in [2.45, 2.75) is 18.9 Å². The average Bonchev–Trinajstić information content (AvgIpc) is 2.44. The second kappa shape index (κ2) is 7.11. The fourth-order valence-corrected chi connectivity index (χ4v) is 2.76. The molecule has 2 N–H and O–H groups in total. The summed E-state index contributed by atoms with van der Waals surface area (Å²) in [7, 11) is 1.66. The van der Waals surface area contributed by atoms with Crippen molar-refractivity contribution in [1.82, 2.24) is 0 Å². The van der Waals surface area contributed by atoms with Gasteiger partial charge in [-0.1, -0.05) is 45.7 Å². The summed E-state index contributed by atoms with van der Waals surface area (Å²) in [4.78, 5) is 0. The molecule has 0 spiro atoms. The van der Waals surface area contributed by atoms with Crippen molar-refractivity contribution in [2.24, 2.45) is 5.73 Å². The Bertz CT molecular complexity index is 588. The number of nitrogens with two attached hydrogens (primary N) is 1. The van der Waals surface area contributed by atoms with E-state index < -0.39 is 0 Å². The predicted molar refractivity (Wildman–Crippen MR) is 87.5 cm³/mol. The Hall–Kier alpha value is -1.03. The van der Waals surface area contributed by atoms with Crippen molar-refractivity contribution < 1.29 is 4.74 Å². The van der Waals surface area contributed by atoms with Gasteiger partial charge in [-0.3, -0.25) is 0 Å². The normalized spacial score (nSPS) is 12.2. The minimum Gasteiger partial charge on any atom is -0.497 e. The molecule has 0 saturated carbocycles. The fourth-order valence-electron chi connectivity index (χ4n) is 2.14. The fraction of sp³-hybridized carbons (Fsp3) is 0.250. The van der Waals surface area contributed by atoms with Crippen molar-refractivity contribution in [3.8, 4) is 5.75 Å². The summed E-state index contributed by atoms with van der Waals surface area (Å²) < 4.78 is 6.30. The first kappa shape index (κ1) is 15.4. The summed E-state index contributed by atoms with van der Waals surface area (Å²) in [5.74, 6) is 0.841. The molecule has 0 aromatic heterocycles. The first-order valence-corrected chi connectivity index (χ1v) is 7.58. The maximum atomic E-state index is 6.25. The van der Waals surface area contributed by atoms with Gasteiger partial charge >= 0.3 is 0 Å². The Labute approximate surface area is 133 Å². The zero-order valence-electron chi connectivity index (χ0n) is 11.3. The molecular formula is C16H17BrClNO. The van der Waals surface area contributed by atoms with Crippen molar-refractivity contribution in [2.75, 3.05) is 7.11 Å². The monoisotopic (exact) mass is 353 g/mol. The highest BCUT2D eigenvalue weighted by Crippen LogP contribution is 2.24. The van der Waals surface area contributed by atoms with E-state index in [4.69, 9.17) is 22.1 Å². The summed E-state index contributed by atoms with van der Waals surface area (Å²) in [5, 5.41) is 0.771. The van der Waals surface area contributed by atoms with Gasteiger partial charge in [0, 0.05) is 15.5 Å². The quantitative estimate of drug-likeness (QED) is 0.872. The summed E-state index contributed by atoms with van der Waals surface area (Å²) in [5.41, 5.74) is 8.47. The lowest BCUT2D eigenvalue weighted by Gasteiger charge is -2.14. The van der Waals surface area contributed by atoms with Gasteiger partial charge in [0.25, 0.3) is 0 Å². The van der Waals surface area contributed by atoms with E-state index in [1.807, 2.05) is 42.5 Å². The van der Waals surface area contributed by atoms with Gasteiger partial charge in [-0.2, -0.15) is 0 Å². The molecule has 1 atom stereocenters. The van der Waals surface area contributed by atoms with Gasteiger partial charge in [0.2, 0.25) is 0 Å². The number of methoxy groups -OCH3 is 1. The van der Waals surface area contributed by atoms with Crippen LogP contribution in [0, 0.1) is 0 Å². The van der Waals surface area contributed by atoms with E-state index in [1.54, 1.807) is 7.11 Å². The van der Waals surface area contributed by atoms with Crippen LogP contribution in [0.5, 0.6) is 5.75 Å². The Balaban J connectivity index is 2.08. The van der Waals surface area contributed by atoms with Crippen LogP contribution in [0.25, 0.3) is 0 Å². The van der Waals surface area contributed by atoms with Crippen LogP contribution in [-0.4, -0.2) is 13.2 Å². The second-order valence-corrected chi connectivity index (χ2v) is 5.98. The van der Waals surface area contributed by atoms with Crippen LogP contribution in [0.4, 0.5) is 0 Å². The highest BCUT2D eigenvalue weighted by Gasteiger charge is 2.11. The number of rotatable bonds is 5. The van der Waals surface area contributed by atoms with Gasteiger partial charge in [-0.15, -0.1) is 0 Å². The Kier molecular flexibility index (Phi) is 5.46. The molecule has 106 valence electrons. The molecule has 0 bridgehead atoms. The van der Waals surface area contributed by atoms with Crippen molar-refractivity contribution in [1.29, 1.82) is 0 Å². The zero-order chi connectivity index (χ0) is 14.5. The van der Waals surface area contributed by atoms with E-state index in [2.05, 4.69) is 15.9 Å². The molecule has 20 heavy (non-hydrogen) atoms. The van der Waals surface area contributed by atoms with Gasteiger partial charge in [0.05, 0.1) is 7.11 Å². The first-order valence-electron chi connectivity index (χ1n) is 6.41. The van der Waals surface area contributed by atoms with Crippen molar-refractivity contribution in [3.63, 3.8) is 0 Å². The van der Waals surface area contributed by atoms with Gasteiger partial charge in [0.1, 0.15) is 5.75 Å². The van der Waals surface area contributed by atoms with Crippen molar-refractivity contribution >= 4 is 27.5 Å². The highest BCUT2D eigenvalue weighted by atomic mass is 79.9. The van der Waals surface area contributed by atoms with E-state index in [0.717, 1.165) is 39.2 Å². The van der Waals surface area contributed by atoms with Crippen LogP contribution in [0.3, 0.4) is 0 Å². The second-order valence-electron chi connectivity index (χ2n) is 4.72. The Morgan fingerprint density at radius 1 is 1.15 bits per heavy atom. The summed E-state index contributed by atoms with van der Waals surface area (Å²) in [6, 6.07) is 13.7. The van der Waals surface area contributed by atoms with Gasteiger partial charge in [-0.05, 0) is 48.2 Å². The van der Waals surface area contributed by atoms with Crippen LogP contribution in [0.1, 0.15) is 11.1 Å². The van der Waals surface area contributed by atoms with Crippen LogP contribution >= 0.6 is 27.5 Å². The number of halogens is 2. The van der Waals surface area contributed by atoms with Gasteiger partial charge in [-0.25, -0.2) is 0 Å². The lowest BCUT2D eigenvalue weighted by atomic mass is 9.99. The molecule has 2 aromatic carbocycles. The third-order valence-corrected chi connectivity index (χ3v) is 4.32. The molecule has 0 aliphatic heterocycles. The molecule has 0 aliphatic carbocycles. The predicted octanol–water partition coefficient (Wildman–Crippen LogP) is 4.22. The minimum atomic E-state index is 0.0123. The highest BCUT2D eigenvalue weighted by molar-refractivity contribution is 9.10. The Morgan fingerprint density at radius 2 is 1.85 bits per heavy atom. The van der Waals surface area contributed by atoms with Crippen LogP contribution in [0.15, 0.2) is 46.9 Å². The minimum absolute atomic E-state index is 0.0123. The SMILES string of the molecule is COc1ccc(Br)c(CC(N)Cc2ccccc2Cl)c1. The molecule has 0 aliphatic rings. The zero-order valence-corrected chi connectivity index (χ0v) is 13.6. The summed E-state index contributed by atoms with van der Waals surface area (Å²) >= 11 is 9.72. The maximum absolute atomic E-state index is 6.25. The number of benzene rings is 2. The van der Waals surface area contributed by atoms with E-state index in [9.17, 15) is 0 Å². The smallest absolute Gasteiger partial charge is 0.119 e. The largest absolute Gasteiger partial charge is 0.497 e. The third-order valence-electron chi connectivity index (χ3n) is 3.17. The average molecular weight is 355 g/mol. The molecule has 0 saturated heterocycles. The lowest BCUT2D eigenvalue weighted by molar-refractivity contribution is 0.414. The van der Waals surface area contributed by atoms with Crippen LogP contribution in [0.2, 0.25) is 5.02 Å². The number of hydrogen-bond acceptors (Lipinski definition) is 2. The standard InChI is InChI=1S/C16H17BrClNO/c1-20-14-6-7-15(17)12(10-14)9-13(19)8-11-4-2-3-5-16(11)18/h2-7,10,13H,8-9,19H2,1H3. The summed E-state index contributed by atoms with van der Waals surface area (Å²) in [6.07, 6.45) is 1.52. The third kappa shape index (κ3) is 3.98. The first-order chi connectivity index (χ1) is 9.60. The lowest BCUT2D eigenvalue weighted by Crippen LogP contribution is -2.25. The molecule has 2 nitrogen and oxygen atoms in total. The van der Waals surface area contributed by atoms with Crippen LogP contribution in [-0.2, 0) is 12.8 Å². The van der Waals surface area contributed by atoms with Crippen LogP contribution < -0.4 is 10.5 Å². The van der Waals surface area contributed by atoms with E-state index in [1.165, 1.54) is 0 Å². The van der Waals surface area contributed by atoms with E-state index >= 15 is 0 Å². The number of hydrogen-bond donors (Lipinski definition) is 1. The molecule has 0 amide bonds. The molecule has 2 aromatic rings. The topological polar surface area (TPSA) is 35.2 Å². The maximum Gasteiger partial charge on any atom is 0.119 e. The van der Waals surface area contributed by atoms with Gasteiger partial charge in [0.15, 0.2) is 0 Å². The van der Waals surface area contributed by atoms with Crippen molar-refractivity contribution in [3.05, 3.63) is 63.1 Å². The molecule has 1 unspecified atom stereocenters. The molecule has 4 heteroatoms. The molecule has 0 radical (unpaired) electrons. The van der Waals surface area contributed by atoms with E-state index in [-0.39, 0.29) is 6.04 Å². The van der Waals surface area contributed by atoms with E-state index in [0.29, 0.717) is 0 Å². The number of ether oxygens (including phenoxy) is 1. The molecule has 2 rings (SSSR count). The van der Waals surface area contributed by atoms with Gasteiger partial charge < -0.3 is 10.5 Å². The summed E-state index contributed by atoms with van der Waals surface area (Å²) in [6.45, 7) is 0. The molecular weight excluding hydrogens is 338 g/mol. The Morgan fingerprint density at radius 3 is 2.55 bits per heavy atom. The molecule has 0 heterocycles.